The number of carbonyl (C=O) groups is 1. The van der Waals surface area contributed by atoms with E-state index in [0.29, 0.717) is 6.54 Å². The zero-order valence-corrected chi connectivity index (χ0v) is 6.84. The first-order chi connectivity index (χ1) is 5.18. The Labute approximate surface area is 66.8 Å². The minimum Gasteiger partial charge on any atom is -0.370 e. The van der Waals surface area contributed by atoms with Crippen molar-refractivity contribution in [1.29, 1.82) is 0 Å². The Balaban J connectivity index is 3.17. The molecule has 0 saturated carbocycles. The maximum absolute atomic E-state index is 10.3. The fraction of sp³-hybridized carbons (Fsp3) is 0.857. The third-order valence-electron chi connectivity index (χ3n) is 1.39. The van der Waals surface area contributed by atoms with Gasteiger partial charge in [0.05, 0.1) is 0 Å². The van der Waals surface area contributed by atoms with Crippen LogP contribution in [0, 0.1) is 0 Å². The maximum Gasteiger partial charge on any atom is 0.261 e. The second-order valence-electron chi connectivity index (χ2n) is 2.47. The second-order valence-corrected chi connectivity index (χ2v) is 2.47. The molecule has 0 aliphatic heterocycles. The number of hydrogen-bond donors (Lipinski definition) is 3. The van der Waals surface area contributed by atoms with Crippen molar-refractivity contribution in [2.45, 2.75) is 32.4 Å². The molecule has 0 bridgehead atoms. The van der Waals surface area contributed by atoms with E-state index in [1.54, 1.807) is 0 Å². The topological polar surface area (TPSA) is 75.3 Å². The highest BCUT2D eigenvalue weighted by atomic mass is 16.3. The van der Waals surface area contributed by atoms with Crippen molar-refractivity contribution in [2.75, 3.05) is 6.54 Å². The zero-order valence-electron chi connectivity index (χ0n) is 6.84. The SMILES string of the molecule is CCCCCNC(O)C(N)=O. The van der Waals surface area contributed by atoms with Crippen LogP contribution >= 0.6 is 0 Å². The van der Waals surface area contributed by atoms with E-state index < -0.39 is 12.1 Å². The molecule has 0 heterocycles. The Morgan fingerprint density at radius 1 is 1.64 bits per heavy atom. The van der Waals surface area contributed by atoms with Gasteiger partial charge in [0.2, 0.25) is 0 Å². The lowest BCUT2D eigenvalue weighted by Gasteiger charge is -2.07. The van der Waals surface area contributed by atoms with Crippen molar-refractivity contribution in [3.63, 3.8) is 0 Å². The van der Waals surface area contributed by atoms with Gasteiger partial charge in [-0.3, -0.25) is 10.1 Å². The Morgan fingerprint density at radius 3 is 2.73 bits per heavy atom. The number of amides is 1. The number of unbranched alkanes of at least 4 members (excludes halogenated alkanes) is 2. The average Bonchev–Trinajstić information content (AvgIpc) is 1.97. The van der Waals surface area contributed by atoms with Crippen molar-refractivity contribution < 1.29 is 9.90 Å². The summed E-state index contributed by atoms with van der Waals surface area (Å²) in [6, 6.07) is 0. The van der Waals surface area contributed by atoms with Crippen molar-refractivity contribution >= 4 is 5.91 Å². The highest BCUT2D eigenvalue weighted by Gasteiger charge is 2.07. The summed E-state index contributed by atoms with van der Waals surface area (Å²) in [5.41, 5.74) is 4.80. The zero-order chi connectivity index (χ0) is 8.69. The maximum atomic E-state index is 10.3. The minimum atomic E-state index is -1.19. The quantitative estimate of drug-likeness (QED) is 0.364. The number of aliphatic hydroxyl groups excluding tert-OH is 1. The molecule has 0 fully saturated rings. The van der Waals surface area contributed by atoms with Crippen LogP contribution in [0.3, 0.4) is 0 Å². The predicted octanol–water partition coefficient (Wildman–Crippen LogP) is -0.430. The van der Waals surface area contributed by atoms with E-state index in [-0.39, 0.29) is 0 Å². The molecule has 66 valence electrons. The van der Waals surface area contributed by atoms with Crippen molar-refractivity contribution in [3.8, 4) is 0 Å². The van der Waals surface area contributed by atoms with Crippen LogP contribution in [-0.2, 0) is 4.79 Å². The summed E-state index contributed by atoms with van der Waals surface area (Å²) in [6.07, 6.45) is 1.99. The number of primary amides is 1. The fourth-order valence-electron chi connectivity index (χ4n) is 0.714. The normalized spacial score (nSPS) is 12.9. The molecule has 0 aromatic carbocycles. The van der Waals surface area contributed by atoms with Gasteiger partial charge >= 0.3 is 0 Å². The van der Waals surface area contributed by atoms with Crippen LogP contribution in [0.25, 0.3) is 0 Å². The van der Waals surface area contributed by atoms with E-state index in [1.807, 2.05) is 0 Å². The summed E-state index contributed by atoms with van der Waals surface area (Å²) in [6.45, 7) is 2.72. The highest BCUT2D eigenvalue weighted by molar-refractivity contribution is 5.77. The summed E-state index contributed by atoms with van der Waals surface area (Å²) in [5.74, 6) is -0.721. The van der Waals surface area contributed by atoms with Crippen molar-refractivity contribution in [2.24, 2.45) is 5.73 Å². The van der Waals surface area contributed by atoms with Crippen LogP contribution in [0.15, 0.2) is 0 Å². The van der Waals surface area contributed by atoms with Crippen LogP contribution in [0.1, 0.15) is 26.2 Å². The van der Waals surface area contributed by atoms with Crippen LogP contribution in [0.4, 0.5) is 0 Å². The van der Waals surface area contributed by atoms with E-state index in [0.717, 1.165) is 19.3 Å². The van der Waals surface area contributed by atoms with Crippen LogP contribution < -0.4 is 11.1 Å². The van der Waals surface area contributed by atoms with E-state index >= 15 is 0 Å². The van der Waals surface area contributed by atoms with Gasteiger partial charge in [-0.15, -0.1) is 0 Å². The molecular weight excluding hydrogens is 144 g/mol. The standard InChI is InChI=1S/C7H16N2O2/c1-2-3-4-5-9-7(11)6(8)10/h7,9,11H,2-5H2,1H3,(H2,8,10). The van der Waals surface area contributed by atoms with E-state index in [9.17, 15) is 4.79 Å². The predicted molar refractivity (Wildman–Crippen MR) is 42.7 cm³/mol. The molecule has 0 aromatic heterocycles. The molecule has 0 rings (SSSR count). The molecule has 1 amide bonds. The summed E-state index contributed by atoms with van der Waals surface area (Å²) >= 11 is 0. The Morgan fingerprint density at radius 2 is 2.27 bits per heavy atom. The molecule has 0 radical (unpaired) electrons. The van der Waals surface area contributed by atoms with Gasteiger partial charge in [0, 0.05) is 0 Å². The van der Waals surface area contributed by atoms with Gasteiger partial charge in [-0.1, -0.05) is 19.8 Å². The number of carbonyl (C=O) groups excluding carboxylic acids is 1. The largest absolute Gasteiger partial charge is 0.370 e. The third-order valence-corrected chi connectivity index (χ3v) is 1.39. The van der Waals surface area contributed by atoms with Gasteiger partial charge in [-0.25, -0.2) is 0 Å². The Bertz CT molecular complexity index is 117. The number of hydrogen-bond acceptors (Lipinski definition) is 3. The van der Waals surface area contributed by atoms with E-state index in [4.69, 9.17) is 10.8 Å². The first-order valence-corrected chi connectivity index (χ1v) is 3.89. The number of nitrogens with one attached hydrogen (secondary N) is 1. The van der Waals surface area contributed by atoms with Crippen LogP contribution in [0.2, 0.25) is 0 Å². The first-order valence-electron chi connectivity index (χ1n) is 3.89. The molecule has 1 atom stereocenters. The molecule has 11 heavy (non-hydrogen) atoms. The lowest BCUT2D eigenvalue weighted by molar-refractivity contribution is -0.127. The second kappa shape index (κ2) is 6.12. The minimum absolute atomic E-state index is 0.637. The number of nitrogens with two attached hydrogens (primary N) is 1. The van der Waals surface area contributed by atoms with Gasteiger partial charge in [0.25, 0.3) is 5.91 Å². The summed E-state index contributed by atoms with van der Waals surface area (Å²) in [5, 5.41) is 11.4. The average molecular weight is 160 g/mol. The monoisotopic (exact) mass is 160 g/mol. The lowest BCUT2D eigenvalue weighted by atomic mass is 10.2. The smallest absolute Gasteiger partial charge is 0.261 e. The molecule has 1 unspecified atom stereocenters. The molecule has 4 nitrogen and oxygen atoms in total. The van der Waals surface area contributed by atoms with Gasteiger partial charge in [-0.2, -0.15) is 0 Å². The molecule has 0 aliphatic carbocycles. The van der Waals surface area contributed by atoms with Gasteiger partial charge in [0.1, 0.15) is 0 Å². The summed E-state index contributed by atoms with van der Waals surface area (Å²) in [4.78, 5) is 10.3. The Hall–Kier alpha value is -0.610. The lowest BCUT2D eigenvalue weighted by Crippen LogP contribution is -2.41. The molecule has 0 aromatic rings. The molecule has 4 heteroatoms. The van der Waals surface area contributed by atoms with E-state index in [2.05, 4.69) is 12.2 Å². The summed E-state index contributed by atoms with van der Waals surface area (Å²) in [7, 11) is 0. The summed E-state index contributed by atoms with van der Waals surface area (Å²) < 4.78 is 0. The molecule has 0 spiro atoms. The fourth-order valence-corrected chi connectivity index (χ4v) is 0.714. The third kappa shape index (κ3) is 5.82. The number of aliphatic hydroxyl groups is 1. The van der Waals surface area contributed by atoms with Crippen molar-refractivity contribution in [1.82, 2.24) is 5.32 Å². The van der Waals surface area contributed by atoms with Gasteiger partial charge in [-0.05, 0) is 13.0 Å². The Kier molecular flexibility index (Phi) is 5.78. The van der Waals surface area contributed by atoms with E-state index in [1.165, 1.54) is 0 Å². The molecule has 0 aliphatic rings. The van der Waals surface area contributed by atoms with Gasteiger partial charge in [0.15, 0.2) is 6.23 Å². The van der Waals surface area contributed by atoms with Gasteiger partial charge < -0.3 is 10.8 Å². The van der Waals surface area contributed by atoms with Crippen LogP contribution in [-0.4, -0.2) is 23.8 Å². The molecular formula is C7H16N2O2. The molecule has 0 saturated heterocycles. The first kappa shape index (κ1) is 10.4. The number of rotatable bonds is 6. The van der Waals surface area contributed by atoms with Crippen LogP contribution in [0.5, 0.6) is 0 Å². The highest BCUT2D eigenvalue weighted by Crippen LogP contribution is 1.91. The molecule has 4 N–H and O–H groups in total. The van der Waals surface area contributed by atoms with Crippen molar-refractivity contribution in [3.05, 3.63) is 0 Å².